The number of carboxylic acid groups (broad SMARTS) is 1. The number of hydrogen-bond acceptors (Lipinski definition) is 4. The standard InChI is InChI=1S/C22H27FN2O2S/c23-19-12-17-8-10-24-9-7-16(17)11-18(19)20-13-28-22(25-20)15-4-1-14(2-5-15)3-6-21(26)27/h11-15,24H,1-10H2,(H,26,27)/t14-,15-. The topological polar surface area (TPSA) is 62.2 Å². The van der Waals surface area contributed by atoms with Crippen LogP contribution in [-0.2, 0) is 17.6 Å². The molecule has 1 aliphatic carbocycles. The third-order valence-corrected chi connectivity index (χ3v) is 7.20. The zero-order chi connectivity index (χ0) is 19.5. The van der Waals surface area contributed by atoms with Gasteiger partial charge >= 0.3 is 5.97 Å². The summed E-state index contributed by atoms with van der Waals surface area (Å²) in [4.78, 5) is 15.6. The third kappa shape index (κ3) is 4.44. The minimum Gasteiger partial charge on any atom is -0.481 e. The predicted molar refractivity (Wildman–Crippen MR) is 109 cm³/mol. The second kappa shape index (κ2) is 8.70. The van der Waals surface area contributed by atoms with Crippen molar-refractivity contribution in [3.8, 4) is 11.3 Å². The minimum absolute atomic E-state index is 0.171. The predicted octanol–water partition coefficient (Wildman–Crippen LogP) is 4.78. The number of benzene rings is 1. The van der Waals surface area contributed by atoms with Gasteiger partial charge in [0, 0.05) is 23.3 Å². The Morgan fingerprint density at radius 3 is 2.61 bits per heavy atom. The van der Waals surface area contributed by atoms with Crippen LogP contribution >= 0.6 is 11.3 Å². The Balaban J connectivity index is 1.45. The second-order valence-electron chi connectivity index (χ2n) is 8.07. The number of carbonyl (C=O) groups is 1. The maximum atomic E-state index is 14.7. The van der Waals surface area contributed by atoms with Crippen molar-refractivity contribution in [3.05, 3.63) is 39.5 Å². The number of carboxylic acids is 1. The van der Waals surface area contributed by atoms with Crippen molar-refractivity contribution in [3.63, 3.8) is 0 Å². The fraction of sp³-hybridized carbons (Fsp3) is 0.545. The zero-order valence-corrected chi connectivity index (χ0v) is 16.9. The molecular weight excluding hydrogens is 375 g/mol. The molecule has 0 unspecified atom stereocenters. The van der Waals surface area contributed by atoms with E-state index in [1.807, 2.05) is 11.4 Å². The van der Waals surface area contributed by atoms with Crippen LogP contribution in [0.2, 0.25) is 0 Å². The lowest BCUT2D eigenvalue weighted by molar-refractivity contribution is -0.137. The Morgan fingerprint density at radius 2 is 1.89 bits per heavy atom. The zero-order valence-electron chi connectivity index (χ0n) is 16.0. The van der Waals surface area contributed by atoms with Crippen LogP contribution in [0.1, 0.15) is 60.6 Å². The lowest BCUT2D eigenvalue weighted by Gasteiger charge is -2.26. The summed E-state index contributed by atoms with van der Waals surface area (Å²) in [5, 5.41) is 15.3. The molecule has 2 aliphatic rings. The van der Waals surface area contributed by atoms with Crippen molar-refractivity contribution in [2.24, 2.45) is 5.92 Å². The molecule has 6 heteroatoms. The molecule has 150 valence electrons. The van der Waals surface area contributed by atoms with Gasteiger partial charge in [-0.3, -0.25) is 4.79 Å². The van der Waals surface area contributed by atoms with Gasteiger partial charge in [-0.2, -0.15) is 0 Å². The first kappa shape index (κ1) is 19.5. The average Bonchev–Trinajstić information content (AvgIpc) is 3.06. The van der Waals surface area contributed by atoms with Gasteiger partial charge in [0.25, 0.3) is 0 Å². The molecule has 0 amide bonds. The molecule has 2 N–H and O–H groups in total. The maximum Gasteiger partial charge on any atom is 0.303 e. The smallest absolute Gasteiger partial charge is 0.303 e. The second-order valence-corrected chi connectivity index (χ2v) is 8.96. The summed E-state index contributed by atoms with van der Waals surface area (Å²) in [5.74, 6) is 0.0652. The SMILES string of the molecule is O=C(O)CC[C@H]1CC[C@H](c2nc(-c3cc4c(cc3F)CCNCC4)cs2)CC1. The van der Waals surface area contributed by atoms with Gasteiger partial charge in [0.2, 0.25) is 0 Å². The van der Waals surface area contributed by atoms with Gasteiger partial charge in [0.1, 0.15) is 5.82 Å². The summed E-state index contributed by atoms with van der Waals surface area (Å²) in [5.41, 5.74) is 3.72. The minimum atomic E-state index is -0.703. The fourth-order valence-electron chi connectivity index (χ4n) is 4.52. The molecule has 2 aromatic rings. The molecule has 1 aromatic heterocycles. The molecule has 0 spiro atoms. The first-order chi connectivity index (χ1) is 13.6. The average molecular weight is 403 g/mol. The molecule has 0 saturated heterocycles. The van der Waals surface area contributed by atoms with Crippen molar-refractivity contribution in [1.82, 2.24) is 10.3 Å². The molecule has 4 rings (SSSR count). The van der Waals surface area contributed by atoms with E-state index >= 15 is 0 Å². The van der Waals surface area contributed by atoms with E-state index in [0.717, 1.165) is 74.3 Å². The molecule has 2 heterocycles. The number of hydrogen-bond donors (Lipinski definition) is 2. The van der Waals surface area contributed by atoms with Crippen LogP contribution in [0.4, 0.5) is 4.39 Å². The van der Waals surface area contributed by atoms with Crippen LogP contribution in [0.15, 0.2) is 17.5 Å². The lowest BCUT2D eigenvalue weighted by Crippen LogP contribution is -2.16. The van der Waals surface area contributed by atoms with Crippen molar-refractivity contribution in [2.75, 3.05) is 13.1 Å². The fourth-order valence-corrected chi connectivity index (χ4v) is 5.51. The Morgan fingerprint density at radius 1 is 1.18 bits per heavy atom. The van der Waals surface area contributed by atoms with Crippen LogP contribution in [0.5, 0.6) is 0 Å². The van der Waals surface area contributed by atoms with Crippen LogP contribution < -0.4 is 5.32 Å². The van der Waals surface area contributed by atoms with Crippen molar-refractivity contribution in [1.29, 1.82) is 0 Å². The largest absolute Gasteiger partial charge is 0.481 e. The highest BCUT2D eigenvalue weighted by molar-refractivity contribution is 7.10. The Hall–Kier alpha value is -1.79. The maximum absolute atomic E-state index is 14.7. The van der Waals surface area contributed by atoms with E-state index in [2.05, 4.69) is 5.32 Å². The molecule has 0 bridgehead atoms. The molecular formula is C22H27FN2O2S. The summed E-state index contributed by atoms with van der Waals surface area (Å²) < 4.78 is 14.7. The molecule has 1 saturated carbocycles. The van der Waals surface area contributed by atoms with Crippen molar-refractivity contribution < 1.29 is 14.3 Å². The molecule has 1 fully saturated rings. The summed E-state index contributed by atoms with van der Waals surface area (Å²) in [6.45, 7) is 1.84. The molecule has 1 aliphatic heterocycles. The number of fused-ring (bicyclic) bond motifs is 1. The molecule has 28 heavy (non-hydrogen) atoms. The van der Waals surface area contributed by atoms with E-state index < -0.39 is 5.97 Å². The van der Waals surface area contributed by atoms with E-state index in [1.54, 1.807) is 17.4 Å². The number of aromatic nitrogens is 1. The quantitative estimate of drug-likeness (QED) is 0.756. The van der Waals surface area contributed by atoms with Gasteiger partial charge in [-0.15, -0.1) is 11.3 Å². The highest BCUT2D eigenvalue weighted by Crippen LogP contribution is 2.40. The van der Waals surface area contributed by atoms with Crippen molar-refractivity contribution in [2.45, 2.75) is 57.3 Å². The summed E-state index contributed by atoms with van der Waals surface area (Å²) in [7, 11) is 0. The van der Waals surface area contributed by atoms with E-state index in [9.17, 15) is 9.18 Å². The van der Waals surface area contributed by atoms with E-state index in [0.29, 0.717) is 17.4 Å². The van der Waals surface area contributed by atoms with Crippen LogP contribution in [0.3, 0.4) is 0 Å². The van der Waals surface area contributed by atoms with Crippen LogP contribution in [0, 0.1) is 11.7 Å². The van der Waals surface area contributed by atoms with E-state index in [4.69, 9.17) is 10.1 Å². The first-order valence-corrected chi connectivity index (χ1v) is 11.2. The molecule has 0 atom stereocenters. The number of rotatable bonds is 5. The normalized spacial score (nSPS) is 22.5. The van der Waals surface area contributed by atoms with E-state index in [-0.39, 0.29) is 12.2 Å². The summed E-state index contributed by atoms with van der Waals surface area (Å²) >= 11 is 1.64. The van der Waals surface area contributed by atoms with Crippen molar-refractivity contribution >= 4 is 17.3 Å². The number of nitrogens with one attached hydrogen (secondary N) is 1. The monoisotopic (exact) mass is 402 g/mol. The summed E-state index contributed by atoms with van der Waals surface area (Å²) in [6.07, 6.45) is 7.08. The molecule has 0 radical (unpaired) electrons. The molecule has 4 nitrogen and oxygen atoms in total. The third-order valence-electron chi connectivity index (χ3n) is 6.19. The van der Waals surface area contributed by atoms with Gasteiger partial charge in [0.05, 0.1) is 10.7 Å². The summed E-state index contributed by atoms with van der Waals surface area (Å²) in [6, 6.07) is 3.70. The number of nitrogens with zero attached hydrogens (tertiary/aromatic N) is 1. The van der Waals surface area contributed by atoms with Gasteiger partial charge in [-0.1, -0.05) is 0 Å². The Bertz CT molecular complexity index is 843. The highest BCUT2D eigenvalue weighted by atomic mass is 32.1. The lowest BCUT2D eigenvalue weighted by atomic mass is 9.80. The number of halogens is 1. The van der Waals surface area contributed by atoms with Crippen LogP contribution in [-0.4, -0.2) is 29.1 Å². The van der Waals surface area contributed by atoms with Gasteiger partial charge in [-0.05, 0) is 87.2 Å². The van der Waals surface area contributed by atoms with Gasteiger partial charge in [-0.25, -0.2) is 9.37 Å². The van der Waals surface area contributed by atoms with Gasteiger partial charge < -0.3 is 10.4 Å². The highest BCUT2D eigenvalue weighted by Gasteiger charge is 2.25. The Labute approximate surface area is 169 Å². The Kier molecular flexibility index (Phi) is 6.07. The first-order valence-electron chi connectivity index (χ1n) is 10.3. The van der Waals surface area contributed by atoms with Gasteiger partial charge in [0.15, 0.2) is 0 Å². The number of thiazole rings is 1. The number of aliphatic carboxylic acids is 1. The van der Waals surface area contributed by atoms with Crippen LogP contribution in [0.25, 0.3) is 11.3 Å². The van der Waals surface area contributed by atoms with E-state index in [1.165, 1.54) is 5.56 Å². The molecule has 1 aromatic carbocycles.